The monoisotopic (exact) mass is 440 g/mol. The summed E-state index contributed by atoms with van der Waals surface area (Å²) in [6.45, 7) is 8.64. The van der Waals surface area contributed by atoms with Gasteiger partial charge in [-0.2, -0.15) is 11.3 Å². The third-order valence-corrected chi connectivity index (χ3v) is 7.81. The molecule has 4 atom stereocenters. The van der Waals surface area contributed by atoms with E-state index in [0.29, 0.717) is 6.04 Å². The first-order valence-electron chi connectivity index (χ1n) is 11.4. The first-order chi connectivity index (χ1) is 15.2. The Kier molecular flexibility index (Phi) is 6.38. The van der Waals surface area contributed by atoms with Crippen LogP contribution in [0.2, 0.25) is 0 Å². The molecule has 2 N–H and O–H groups in total. The molecule has 4 fully saturated rings. The Morgan fingerprint density at radius 1 is 1.16 bits per heavy atom. The lowest BCUT2D eigenvalue weighted by Gasteiger charge is -2.51. The minimum atomic E-state index is -0.0941. The van der Waals surface area contributed by atoms with Crippen LogP contribution in [0, 0.1) is 11.8 Å². The minimum absolute atomic E-state index is 0.0941. The number of anilines is 2. The molecule has 4 aliphatic rings. The highest BCUT2D eigenvalue weighted by Crippen LogP contribution is 2.36. The second-order valence-electron chi connectivity index (χ2n) is 9.02. The normalized spacial score (nSPS) is 28.5. The molecule has 2 aromatic rings. The number of piperidine rings is 3. The van der Waals surface area contributed by atoms with Crippen LogP contribution < -0.4 is 15.5 Å². The molecule has 0 radical (unpaired) electrons. The van der Waals surface area contributed by atoms with Gasteiger partial charge in [0.05, 0.1) is 5.69 Å². The summed E-state index contributed by atoms with van der Waals surface area (Å²) in [4.78, 5) is 24.3. The Morgan fingerprint density at radius 3 is 2.77 bits per heavy atom. The maximum atomic E-state index is 12.2. The Morgan fingerprint density at radius 2 is 2.06 bits per heavy atom. The number of piperazine rings is 1. The smallest absolute Gasteiger partial charge is 0.319 e. The Bertz CT molecular complexity index is 839. The molecule has 8 heteroatoms. The van der Waals surface area contributed by atoms with Gasteiger partial charge in [-0.25, -0.2) is 9.78 Å². The summed E-state index contributed by atoms with van der Waals surface area (Å²) in [5.41, 5.74) is 0.871. The fraction of sp³-hybridized carbons (Fsp3) is 0.565. The molecule has 2 amide bonds. The van der Waals surface area contributed by atoms with E-state index >= 15 is 0 Å². The van der Waals surface area contributed by atoms with Gasteiger partial charge in [-0.1, -0.05) is 6.07 Å². The van der Waals surface area contributed by atoms with Crippen LogP contribution in [0.15, 0.2) is 41.2 Å². The quantitative estimate of drug-likeness (QED) is 0.723. The molecule has 1 unspecified atom stereocenters. The summed E-state index contributed by atoms with van der Waals surface area (Å²) in [6, 6.07) is 8.47. The number of aromatic nitrogens is 1. The molecule has 0 spiro atoms. The predicted octanol–water partition coefficient (Wildman–Crippen LogP) is 2.80. The summed E-state index contributed by atoms with van der Waals surface area (Å²) in [7, 11) is 0. The van der Waals surface area contributed by atoms with Gasteiger partial charge in [-0.3, -0.25) is 9.80 Å². The van der Waals surface area contributed by atoms with Gasteiger partial charge in [0.15, 0.2) is 0 Å². The van der Waals surface area contributed by atoms with Crippen molar-refractivity contribution < 1.29 is 4.79 Å². The molecule has 0 aromatic carbocycles. The zero-order chi connectivity index (χ0) is 21.0. The highest BCUT2D eigenvalue weighted by atomic mass is 32.1. The number of amides is 2. The van der Waals surface area contributed by atoms with Crippen molar-refractivity contribution in [3.05, 3.63) is 41.2 Å². The lowest BCUT2D eigenvalue weighted by Crippen LogP contribution is -2.59. The fourth-order valence-corrected chi connectivity index (χ4v) is 6.01. The molecule has 166 valence electrons. The van der Waals surface area contributed by atoms with Crippen LogP contribution in [-0.4, -0.2) is 79.2 Å². The second kappa shape index (κ2) is 9.54. The SMILES string of the molecule is O=C(NC[C@H]1C[C@@H]2CCN1C[C@@H]2CN1CCN(c2ccccn2)CC1)Nc1ccsc1. The van der Waals surface area contributed by atoms with Crippen LogP contribution in [0.25, 0.3) is 0 Å². The number of urea groups is 1. The summed E-state index contributed by atoms with van der Waals surface area (Å²) >= 11 is 1.59. The summed E-state index contributed by atoms with van der Waals surface area (Å²) in [5.74, 6) is 2.64. The van der Waals surface area contributed by atoms with Crippen LogP contribution in [-0.2, 0) is 0 Å². The second-order valence-corrected chi connectivity index (χ2v) is 9.80. The maximum absolute atomic E-state index is 12.2. The first kappa shape index (κ1) is 20.7. The van der Waals surface area contributed by atoms with Gasteiger partial charge in [0.25, 0.3) is 0 Å². The van der Waals surface area contributed by atoms with Crippen molar-refractivity contribution in [2.24, 2.45) is 11.8 Å². The highest BCUT2D eigenvalue weighted by molar-refractivity contribution is 7.08. The van der Waals surface area contributed by atoms with Crippen molar-refractivity contribution in [1.82, 2.24) is 20.1 Å². The number of carbonyl (C=O) groups is 1. The Balaban J connectivity index is 1.06. The third kappa shape index (κ3) is 5.02. The van der Waals surface area contributed by atoms with Crippen LogP contribution in [0.4, 0.5) is 16.3 Å². The van der Waals surface area contributed by atoms with Crippen molar-refractivity contribution in [1.29, 1.82) is 0 Å². The average Bonchev–Trinajstić information content (AvgIpc) is 3.32. The van der Waals surface area contributed by atoms with Crippen LogP contribution in [0.5, 0.6) is 0 Å². The lowest BCUT2D eigenvalue weighted by molar-refractivity contribution is -0.0114. The standard InChI is InChI=1S/C23H32N6OS/c30-23(26-20-5-12-31-17-20)25-14-21-13-18-4-7-29(21)16-19(18)15-27-8-10-28(11-9-27)22-3-1-2-6-24-22/h1-3,5-6,12,17-19,21H,4,7-11,13-16H2,(H2,25,26,30)/t18-,19-,21+/m0/s1. The minimum Gasteiger partial charge on any atom is -0.354 e. The van der Waals surface area contributed by atoms with Gasteiger partial charge in [0.2, 0.25) is 0 Å². The summed E-state index contributed by atoms with van der Waals surface area (Å²) in [5, 5.41) is 9.92. The van der Waals surface area contributed by atoms with E-state index < -0.39 is 0 Å². The van der Waals surface area contributed by atoms with Gasteiger partial charge in [0, 0.05) is 63.4 Å². The average molecular weight is 441 g/mol. The summed E-state index contributed by atoms with van der Waals surface area (Å²) < 4.78 is 0. The molecule has 2 bridgehead atoms. The fourth-order valence-electron chi connectivity index (χ4n) is 5.42. The molecular weight excluding hydrogens is 408 g/mol. The highest BCUT2D eigenvalue weighted by Gasteiger charge is 2.40. The van der Waals surface area contributed by atoms with Gasteiger partial charge in [0.1, 0.15) is 5.82 Å². The number of carbonyl (C=O) groups excluding carboxylic acids is 1. The Hall–Kier alpha value is -2.16. The molecule has 2 aromatic heterocycles. The van der Waals surface area contributed by atoms with Crippen molar-refractivity contribution in [2.75, 3.05) is 62.6 Å². The number of hydrogen-bond acceptors (Lipinski definition) is 6. The number of nitrogens with zero attached hydrogens (tertiary/aromatic N) is 4. The first-order valence-corrected chi connectivity index (χ1v) is 12.4. The number of hydrogen-bond donors (Lipinski definition) is 2. The van der Waals surface area contributed by atoms with Crippen molar-refractivity contribution in [2.45, 2.75) is 18.9 Å². The van der Waals surface area contributed by atoms with E-state index in [9.17, 15) is 4.79 Å². The molecule has 31 heavy (non-hydrogen) atoms. The van der Waals surface area contributed by atoms with E-state index in [-0.39, 0.29) is 6.03 Å². The zero-order valence-corrected chi connectivity index (χ0v) is 18.8. The Labute approximate surface area is 188 Å². The number of rotatable bonds is 6. The predicted molar refractivity (Wildman–Crippen MR) is 126 cm³/mol. The van der Waals surface area contributed by atoms with Crippen LogP contribution in [0.1, 0.15) is 12.8 Å². The van der Waals surface area contributed by atoms with E-state index in [1.165, 1.54) is 32.5 Å². The van der Waals surface area contributed by atoms with Crippen molar-refractivity contribution in [3.63, 3.8) is 0 Å². The molecule has 4 aliphatic heterocycles. The van der Waals surface area contributed by atoms with Crippen molar-refractivity contribution in [3.8, 4) is 0 Å². The van der Waals surface area contributed by atoms with E-state index in [0.717, 1.165) is 56.1 Å². The number of nitrogens with one attached hydrogen (secondary N) is 2. The number of pyridine rings is 1. The van der Waals surface area contributed by atoms with E-state index in [1.807, 2.05) is 29.1 Å². The number of fused-ring (bicyclic) bond motifs is 3. The van der Waals surface area contributed by atoms with Crippen LogP contribution >= 0.6 is 11.3 Å². The van der Waals surface area contributed by atoms with E-state index in [1.54, 1.807) is 11.3 Å². The lowest BCUT2D eigenvalue weighted by atomic mass is 9.75. The molecule has 0 saturated carbocycles. The zero-order valence-electron chi connectivity index (χ0n) is 17.9. The maximum Gasteiger partial charge on any atom is 0.319 e. The van der Waals surface area contributed by atoms with Crippen LogP contribution in [0.3, 0.4) is 0 Å². The molecule has 7 nitrogen and oxygen atoms in total. The van der Waals surface area contributed by atoms with Gasteiger partial charge >= 0.3 is 6.03 Å². The van der Waals surface area contributed by atoms with E-state index in [2.05, 4.69) is 42.5 Å². The topological polar surface area (TPSA) is 63.7 Å². The molecule has 4 saturated heterocycles. The largest absolute Gasteiger partial charge is 0.354 e. The van der Waals surface area contributed by atoms with Gasteiger partial charge in [-0.15, -0.1) is 0 Å². The van der Waals surface area contributed by atoms with Gasteiger partial charge < -0.3 is 15.5 Å². The van der Waals surface area contributed by atoms with E-state index in [4.69, 9.17) is 0 Å². The van der Waals surface area contributed by atoms with Crippen molar-refractivity contribution >= 4 is 28.9 Å². The summed E-state index contributed by atoms with van der Waals surface area (Å²) in [6.07, 6.45) is 4.39. The van der Waals surface area contributed by atoms with Gasteiger partial charge in [-0.05, 0) is 54.8 Å². The number of thiophene rings is 1. The molecule has 6 heterocycles. The third-order valence-electron chi connectivity index (χ3n) is 7.13. The molecular formula is C23H32N6OS. The molecule has 6 rings (SSSR count). The molecule has 0 aliphatic carbocycles.